The van der Waals surface area contributed by atoms with Gasteiger partial charge in [-0.05, 0) is 55.2 Å². The van der Waals surface area contributed by atoms with Gasteiger partial charge >= 0.3 is 0 Å². The van der Waals surface area contributed by atoms with Gasteiger partial charge in [0.1, 0.15) is 0 Å². The van der Waals surface area contributed by atoms with Gasteiger partial charge in [-0.15, -0.1) is 0 Å². The molecule has 1 nitrogen and oxygen atoms in total. The third-order valence-electron chi connectivity index (χ3n) is 4.03. The molecule has 0 aliphatic heterocycles. The summed E-state index contributed by atoms with van der Waals surface area (Å²) in [6.07, 6.45) is 6.03. The Bertz CT molecular complexity index is 377. The number of thioether (sulfide) groups is 1. The minimum atomic E-state index is 0.564. The smallest absolute Gasteiger partial charge is 0.0325 e. The van der Waals surface area contributed by atoms with E-state index in [0.717, 1.165) is 5.92 Å². The number of hydrogen-bond acceptors (Lipinski definition) is 2. The van der Waals surface area contributed by atoms with Crippen molar-refractivity contribution in [3.8, 4) is 0 Å². The second-order valence-electron chi connectivity index (χ2n) is 5.51. The highest BCUT2D eigenvalue weighted by Crippen LogP contribution is 2.37. The predicted molar refractivity (Wildman–Crippen MR) is 82.4 cm³/mol. The topological polar surface area (TPSA) is 12.0 Å². The van der Waals surface area contributed by atoms with Gasteiger partial charge < -0.3 is 5.32 Å². The first-order valence-electron chi connectivity index (χ1n) is 7.06. The summed E-state index contributed by atoms with van der Waals surface area (Å²) in [4.78, 5) is 0. The zero-order valence-electron chi connectivity index (χ0n) is 11.8. The van der Waals surface area contributed by atoms with Gasteiger partial charge in [-0.1, -0.05) is 31.2 Å². The molecule has 100 valence electrons. The quantitative estimate of drug-likeness (QED) is 0.847. The normalized spacial score (nSPS) is 24.6. The van der Waals surface area contributed by atoms with Crippen LogP contribution in [0.2, 0.25) is 0 Å². The molecule has 1 aliphatic rings. The maximum atomic E-state index is 3.82. The van der Waals surface area contributed by atoms with E-state index in [2.05, 4.69) is 49.7 Å². The molecule has 0 aromatic heterocycles. The van der Waals surface area contributed by atoms with E-state index in [1.807, 2.05) is 11.8 Å². The lowest BCUT2D eigenvalue weighted by atomic mass is 9.81. The maximum absolute atomic E-state index is 3.82. The second-order valence-corrected chi connectivity index (χ2v) is 6.49. The van der Waals surface area contributed by atoms with E-state index >= 15 is 0 Å². The van der Waals surface area contributed by atoms with E-state index in [-0.39, 0.29) is 0 Å². The summed E-state index contributed by atoms with van der Waals surface area (Å²) in [5.41, 5.74) is 3.09. The van der Waals surface area contributed by atoms with Crippen molar-refractivity contribution >= 4 is 11.8 Å². The Morgan fingerprint density at radius 1 is 1.28 bits per heavy atom. The molecule has 0 saturated carbocycles. The van der Waals surface area contributed by atoms with Crippen molar-refractivity contribution in [3.05, 3.63) is 35.4 Å². The largest absolute Gasteiger partial charge is 0.307 e. The van der Waals surface area contributed by atoms with Crippen LogP contribution in [0.25, 0.3) is 0 Å². The van der Waals surface area contributed by atoms with E-state index in [1.165, 1.54) is 30.6 Å². The Balaban J connectivity index is 2.04. The zero-order valence-corrected chi connectivity index (χ0v) is 12.6. The maximum Gasteiger partial charge on any atom is 0.0325 e. The number of rotatable bonds is 5. The Morgan fingerprint density at radius 2 is 2.00 bits per heavy atom. The van der Waals surface area contributed by atoms with Crippen molar-refractivity contribution < 1.29 is 0 Å². The third kappa shape index (κ3) is 3.30. The van der Waals surface area contributed by atoms with Gasteiger partial charge in [0.25, 0.3) is 0 Å². The van der Waals surface area contributed by atoms with Crippen LogP contribution in [-0.4, -0.2) is 18.1 Å². The van der Waals surface area contributed by atoms with Crippen LogP contribution in [-0.2, 0) is 0 Å². The van der Waals surface area contributed by atoms with Gasteiger partial charge in [0, 0.05) is 12.1 Å². The fraction of sp³-hybridized carbons (Fsp3) is 0.625. The molecule has 0 radical (unpaired) electrons. The molecule has 0 saturated heterocycles. The molecule has 0 fully saturated rings. The summed E-state index contributed by atoms with van der Waals surface area (Å²) in [5.74, 6) is 1.97. The number of nitrogens with one attached hydrogen (secondary N) is 1. The summed E-state index contributed by atoms with van der Waals surface area (Å²) in [5, 5.41) is 3.82. The third-order valence-corrected chi connectivity index (χ3v) is 4.68. The molecule has 0 amide bonds. The SMILES string of the molecule is CSCCC(C)NC1CCC(C)c2ccccc21. The lowest BCUT2D eigenvalue weighted by molar-refractivity contribution is 0.387. The Labute approximate surface area is 116 Å². The Morgan fingerprint density at radius 3 is 2.72 bits per heavy atom. The minimum absolute atomic E-state index is 0.564. The molecule has 18 heavy (non-hydrogen) atoms. The van der Waals surface area contributed by atoms with Gasteiger partial charge in [0.2, 0.25) is 0 Å². The van der Waals surface area contributed by atoms with Crippen LogP contribution in [0.5, 0.6) is 0 Å². The summed E-state index contributed by atoms with van der Waals surface area (Å²) in [6, 6.07) is 10.1. The molecule has 0 bridgehead atoms. The lowest BCUT2D eigenvalue weighted by Crippen LogP contribution is -2.33. The molecule has 2 heteroatoms. The summed E-state index contributed by atoms with van der Waals surface area (Å²) >= 11 is 1.94. The molecule has 1 aromatic rings. The number of hydrogen-bond donors (Lipinski definition) is 1. The molecule has 3 unspecified atom stereocenters. The van der Waals surface area contributed by atoms with E-state index in [4.69, 9.17) is 0 Å². The van der Waals surface area contributed by atoms with Crippen LogP contribution < -0.4 is 5.32 Å². The first-order chi connectivity index (χ1) is 8.72. The monoisotopic (exact) mass is 263 g/mol. The summed E-state index contributed by atoms with van der Waals surface area (Å²) < 4.78 is 0. The van der Waals surface area contributed by atoms with Crippen molar-refractivity contribution in [1.29, 1.82) is 0 Å². The van der Waals surface area contributed by atoms with Crippen LogP contribution in [0, 0.1) is 0 Å². The van der Waals surface area contributed by atoms with Crippen molar-refractivity contribution in [3.63, 3.8) is 0 Å². The van der Waals surface area contributed by atoms with E-state index in [9.17, 15) is 0 Å². The molecular formula is C16H25NS. The first kappa shape index (κ1) is 14.0. The van der Waals surface area contributed by atoms with Crippen LogP contribution >= 0.6 is 11.8 Å². The Hall–Kier alpha value is -0.470. The Kier molecular flexibility index (Phi) is 5.13. The molecule has 3 atom stereocenters. The average molecular weight is 263 g/mol. The van der Waals surface area contributed by atoms with Gasteiger partial charge in [-0.25, -0.2) is 0 Å². The predicted octanol–water partition coefficient (Wildman–Crippen LogP) is 4.36. The number of benzene rings is 1. The lowest BCUT2D eigenvalue weighted by Gasteiger charge is -2.32. The molecule has 2 rings (SSSR count). The van der Waals surface area contributed by atoms with Crippen LogP contribution in [0.3, 0.4) is 0 Å². The van der Waals surface area contributed by atoms with Crippen LogP contribution in [0.4, 0.5) is 0 Å². The highest BCUT2D eigenvalue weighted by Gasteiger charge is 2.24. The second kappa shape index (κ2) is 6.63. The van der Waals surface area contributed by atoms with Gasteiger partial charge in [0.15, 0.2) is 0 Å². The van der Waals surface area contributed by atoms with Gasteiger partial charge in [-0.2, -0.15) is 11.8 Å². The molecule has 0 spiro atoms. The van der Waals surface area contributed by atoms with Gasteiger partial charge in [0.05, 0.1) is 0 Å². The highest BCUT2D eigenvalue weighted by molar-refractivity contribution is 7.98. The summed E-state index contributed by atoms with van der Waals surface area (Å²) in [6.45, 7) is 4.67. The molecule has 1 aliphatic carbocycles. The zero-order chi connectivity index (χ0) is 13.0. The molecule has 0 heterocycles. The highest BCUT2D eigenvalue weighted by atomic mass is 32.2. The fourth-order valence-electron chi connectivity index (χ4n) is 2.90. The fourth-order valence-corrected chi connectivity index (χ4v) is 3.49. The molecular weight excluding hydrogens is 238 g/mol. The van der Waals surface area contributed by atoms with E-state index in [0.29, 0.717) is 12.1 Å². The standard InChI is InChI=1S/C16H25NS/c1-12-8-9-16(17-13(2)10-11-18-3)15-7-5-4-6-14(12)15/h4-7,12-13,16-17H,8-11H2,1-3H3. The van der Waals surface area contributed by atoms with Crippen molar-refractivity contribution in [1.82, 2.24) is 5.32 Å². The average Bonchev–Trinajstić information content (AvgIpc) is 2.40. The van der Waals surface area contributed by atoms with E-state index in [1.54, 1.807) is 5.56 Å². The summed E-state index contributed by atoms with van der Waals surface area (Å²) in [7, 11) is 0. The van der Waals surface area contributed by atoms with Crippen LogP contribution in [0.1, 0.15) is 56.2 Å². The van der Waals surface area contributed by atoms with Gasteiger partial charge in [-0.3, -0.25) is 0 Å². The minimum Gasteiger partial charge on any atom is -0.307 e. The van der Waals surface area contributed by atoms with Crippen molar-refractivity contribution in [2.45, 2.75) is 51.1 Å². The van der Waals surface area contributed by atoms with Crippen LogP contribution in [0.15, 0.2) is 24.3 Å². The van der Waals surface area contributed by atoms with E-state index < -0.39 is 0 Å². The van der Waals surface area contributed by atoms with Crippen molar-refractivity contribution in [2.75, 3.05) is 12.0 Å². The van der Waals surface area contributed by atoms with Crippen molar-refractivity contribution in [2.24, 2.45) is 0 Å². The molecule has 1 aromatic carbocycles. The number of fused-ring (bicyclic) bond motifs is 1. The first-order valence-corrected chi connectivity index (χ1v) is 8.45. The molecule has 1 N–H and O–H groups in total.